The van der Waals surface area contributed by atoms with E-state index in [2.05, 4.69) is 20.2 Å². The largest absolute Gasteiger partial charge is 0.481 e. The molecule has 7 heteroatoms. The molecule has 2 heterocycles. The van der Waals surface area contributed by atoms with E-state index in [1.165, 1.54) is 0 Å². The van der Waals surface area contributed by atoms with Gasteiger partial charge in [-0.05, 0) is 32.9 Å². The van der Waals surface area contributed by atoms with Gasteiger partial charge >= 0.3 is 0 Å². The Morgan fingerprint density at radius 1 is 1.19 bits per heavy atom. The average molecular weight is 369 g/mol. The Bertz CT molecular complexity index is 760. The summed E-state index contributed by atoms with van der Waals surface area (Å²) in [5.41, 5.74) is 0.930. The molecule has 27 heavy (non-hydrogen) atoms. The van der Waals surface area contributed by atoms with Gasteiger partial charge in [0.2, 0.25) is 5.95 Å². The van der Waals surface area contributed by atoms with Gasteiger partial charge in [0.05, 0.1) is 0 Å². The van der Waals surface area contributed by atoms with E-state index in [1.807, 2.05) is 55.1 Å². The van der Waals surface area contributed by atoms with E-state index in [1.54, 1.807) is 6.92 Å². The van der Waals surface area contributed by atoms with E-state index >= 15 is 0 Å². The van der Waals surface area contributed by atoms with E-state index in [-0.39, 0.29) is 5.91 Å². The number of aryl methyl sites for hydroxylation is 1. The molecule has 1 atom stereocenters. The molecule has 0 bridgehead atoms. The van der Waals surface area contributed by atoms with Crippen LogP contribution in [0.1, 0.15) is 19.5 Å². The van der Waals surface area contributed by atoms with Crippen LogP contribution in [0.2, 0.25) is 0 Å². The van der Waals surface area contributed by atoms with Gasteiger partial charge in [-0.15, -0.1) is 0 Å². The lowest BCUT2D eigenvalue weighted by atomic mass is 10.2. The molecule has 1 fully saturated rings. The second-order valence-electron chi connectivity index (χ2n) is 6.61. The number of nitrogens with zero attached hydrogens (tertiary/aromatic N) is 4. The van der Waals surface area contributed by atoms with Gasteiger partial charge in [0, 0.05) is 44.5 Å². The Hall–Kier alpha value is -2.83. The Morgan fingerprint density at radius 2 is 1.89 bits per heavy atom. The van der Waals surface area contributed by atoms with Gasteiger partial charge in [-0.2, -0.15) is 4.98 Å². The Balaban J connectivity index is 1.57. The molecule has 0 radical (unpaired) electrons. The summed E-state index contributed by atoms with van der Waals surface area (Å²) in [6.45, 7) is 9.37. The highest BCUT2D eigenvalue weighted by Gasteiger charge is 2.26. The predicted octanol–water partition coefficient (Wildman–Crippen LogP) is 2.33. The van der Waals surface area contributed by atoms with Crippen molar-refractivity contribution in [1.82, 2.24) is 14.9 Å². The number of carbonyl (C=O) groups excluding carboxylic acids is 1. The molecule has 1 saturated heterocycles. The third-order valence-corrected chi connectivity index (χ3v) is 4.49. The van der Waals surface area contributed by atoms with E-state index in [0.29, 0.717) is 24.8 Å². The molecule has 1 aliphatic heterocycles. The van der Waals surface area contributed by atoms with Crippen LogP contribution in [0.4, 0.5) is 11.8 Å². The summed E-state index contributed by atoms with van der Waals surface area (Å²) in [5.74, 6) is 2.28. The number of nitrogens with one attached hydrogen (secondary N) is 1. The lowest BCUT2D eigenvalue weighted by Crippen LogP contribution is -2.52. The lowest BCUT2D eigenvalue weighted by Gasteiger charge is -2.36. The zero-order valence-electron chi connectivity index (χ0n) is 16.2. The van der Waals surface area contributed by atoms with Crippen molar-refractivity contribution in [2.75, 3.05) is 42.9 Å². The molecular weight excluding hydrogens is 342 g/mol. The molecule has 0 unspecified atom stereocenters. The Labute approximate surface area is 160 Å². The van der Waals surface area contributed by atoms with Crippen LogP contribution >= 0.6 is 0 Å². The molecule has 144 valence electrons. The maximum absolute atomic E-state index is 12.7. The number of piperazine rings is 1. The first-order chi connectivity index (χ1) is 13.1. The van der Waals surface area contributed by atoms with Crippen molar-refractivity contribution in [1.29, 1.82) is 0 Å². The van der Waals surface area contributed by atoms with Crippen molar-refractivity contribution in [3.8, 4) is 5.75 Å². The van der Waals surface area contributed by atoms with Gasteiger partial charge in [-0.1, -0.05) is 18.2 Å². The van der Waals surface area contributed by atoms with E-state index < -0.39 is 6.10 Å². The molecule has 7 nitrogen and oxygen atoms in total. The molecule has 1 aromatic heterocycles. The lowest BCUT2D eigenvalue weighted by molar-refractivity contribution is -0.138. The second-order valence-corrected chi connectivity index (χ2v) is 6.61. The Kier molecular flexibility index (Phi) is 6.11. The van der Waals surface area contributed by atoms with Crippen molar-refractivity contribution in [2.45, 2.75) is 26.9 Å². The van der Waals surface area contributed by atoms with Gasteiger partial charge in [0.25, 0.3) is 5.91 Å². The van der Waals surface area contributed by atoms with Crippen LogP contribution in [0.5, 0.6) is 5.75 Å². The van der Waals surface area contributed by atoms with Crippen molar-refractivity contribution < 1.29 is 9.53 Å². The Morgan fingerprint density at radius 3 is 2.56 bits per heavy atom. The van der Waals surface area contributed by atoms with Crippen molar-refractivity contribution >= 4 is 17.7 Å². The van der Waals surface area contributed by atoms with Gasteiger partial charge in [-0.25, -0.2) is 4.98 Å². The van der Waals surface area contributed by atoms with Gasteiger partial charge in [-0.3, -0.25) is 4.79 Å². The number of amides is 1. The molecule has 0 spiro atoms. The molecule has 0 saturated carbocycles. The van der Waals surface area contributed by atoms with Crippen LogP contribution in [0, 0.1) is 6.92 Å². The number of benzene rings is 1. The van der Waals surface area contributed by atoms with Crippen LogP contribution in [0.3, 0.4) is 0 Å². The molecule has 1 amide bonds. The summed E-state index contributed by atoms with van der Waals surface area (Å²) in [6.07, 6.45) is -0.499. The van der Waals surface area contributed by atoms with Crippen LogP contribution in [0.25, 0.3) is 0 Å². The molecule has 3 rings (SSSR count). The van der Waals surface area contributed by atoms with Crippen LogP contribution in [-0.4, -0.2) is 59.6 Å². The third kappa shape index (κ3) is 4.87. The fourth-order valence-electron chi connectivity index (χ4n) is 3.12. The minimum atomic E-state index is -0.499. The number of anilines is 2. The minimum Gasteiger partial charge on any atom is -0.481 e. The van der Waals surface area contributed by atoms with E-state index in [0.717, 1.165) is 31.1 Å². The molecule has 0 aliphatic carbocycles. The highest BCUT2D eigenvalue weighted by atomic mass is 16.5. The van der Waals surface area contributed by atoms with Gasteiger partial charge in [0.1, 0.15) is 11.6 Å². The standard InChI is InChI=1S/C20H27N5O2/c1-4-21-20-22-15(2)14-18(23-20)24-10-12-25(13-11-24)19(26)16(3)27-17-8-6-5-7-9-17/h5-9,14,16H,4,10-13H2,1-3H3,(H,21,22,23)/t16-/m1/s1. The number of ether oxygens (including phenoxy) is 1. The summed E-state index contributed by atoms with van der Waals surface area (Å²) >= 11 is 0. The van der Waals surface area contributed by atoms with E-state index in [9.17, 15) is 4.79 Å². The number of rotatable bonds is 6. The summed E-state index contributed by atoms with van der Waals surface area (Å²) in [6, 6.07) is 11.4. The van der Waals surface area contributed by atoms with Gasteiger partial charge < -0.3 is 19.9 Å². The van der Waals surface area contributed by atoms with Crippen LogP contribution in [-0.2, 0) is 4.79 Å². The number of para-hydroxylation sites is 1. The quantitative estimate of drug-likeness (QED) is 0.843. The third-order valence-electron chi connectivity index (χ3n) is 4.49. The zero-order chi connectivity index (χ0) is 19.2. The number of aromatic nitrogens is 2. The van der Waals surface area contributed by atoms with Crippen LogP contribution < -0.4 is 15.0 Å². The van der Waals surface area contributed by atoms with E-state index in [4.69, 9.17) is 4.74 Å². The highest BCUT2D eigenvalue weighted by Crippen LogP contribution is 2.18. The smallest absolute Gasteiger partial charge is 0.263 e. The number of carbonyl (C=O) groups is 1. The molecule has 1 N–H and O–H groups in total. The maximum Gasteiger partial charge on any atom is 0.263 e. The molecular formula is C20H27N5O2. The predicted molar refractivity (Wildman–Crippen MR) is 106 cm³/mol. The first-order valence-electron chi connectivity index (χ1n) is 9.42. The fourth-order valence-corrected chi connectivity index (χ4v) is 3.12. The monoisotopic (exact) mass is 369 g/mol. The summed E-state index contributed by atoms with van der Waals surface area (Å²) in [4.78, 5) is 25.7. The van der Waals surface area contributed by atoms with Gasteiger partial charge in [0.15, 0.2) is 6.10 Å². The fraction of sp³-hybridized carbons (Fsp3) is 0.450. The summed E-state index contributed by atoms with van der Waals surface area (Å²) in [7, 11) is 0. The maximum atomic E-state index is 12.7. The van der Waals surface area contributed by atoms with Crippen molar-refractivity contribution in [3.63, 3.8) is 0 Å². The molecule has 1 aliphatic rings. The highest BCUT2D eigenvalue weighted by molar-refractivity contribution is 5.81. The zero-order valence-corrected chi connectivity index (χ0v) is 16.2. The summed E-state index contributed by atoms with van der Waals surface area (Å²) in [5, 5.41) is 3.16. The average Bonchev–Trinajstić information content (AvgIpc) is 2.68. The SMILES string of the molecule is CCNc1nc(C)cc(N2CCN(C(=O)[C@@H](C)Oc3ccccc3)CC2)n1. The molecule has 2 aromatic rings. The van der Waals surface area contributed by atoms with Crippen molar-refractivity contribution in [2.24, 2.45) is 0 Å². The number of hydrogen-bond acceptors (Lipinski definition) is 6. The normalized spacial score (nSPS) is 15.4. The number of hydrogen-bond donors (Lipinski definition) is 1. The van der Waals surface area contributed by atoms with Crippen LogP contribution in [0.15, 0.2) is 36.4 Å². The summed E-state index contributed by atoms with van der Waals surface area (Å²) < 4.78 is 5.77. The first kappa shape index (κ1) is 18.9. The second kappa shape index (κ2) is 8.70. The molecule has 1 aromatic carbocycles. The van der Waals surface area contributed by atoms with Crippen molar-refractivity contribution in [3.05, 3.63) is 42.1 Å². The minimum absolute atomic E-state index is 0.0192. The topological polar surface area (TPSA) is 70.6 Å². The first-order valence-corrected chi connectivity index (χ1v) is 9.42.